The van der Waals surface area contributed by atoms with Crippen LogP contribution in [0.4, 0.5) is 13.2 Å². The van der Waals surface area contributed by atoms with Gasteiger partial charge in [-0.05, 0) is 18.2 Å². The molecule has 0 saturated heterocycles. The van der Waals surface area contributed by atoms with Crippen LogP contribution in [0.1, 0.15) is 13.8 Å². The Morgan fingerprint density at radius 2 is 1.94 bits per heavy atom. The number of hydrogen-bond acceptors (Lipinski definition) is 2. The normalized spacial score (nSPS) is 11.9. The van der Waals surface area contributed by atoms with E-state index >= 15 is 0 Å². The average molecular weight is 315 g/mol. The SMILES string of the molecule is CC(C)Sc1ccc(Br)cc1OC(F)(F)F. The molecule has 0 aliphatic heterocycles. The summed E-state index contributed by atoms with van der Waals surface area (Å²) >= 11 is 4.44. The Hall–Kier alpha value is -0.360. The molecular formula is C10H10BrF3OS. The maximum absolute atomic E-state index is 12.1. The fourth-order valence-corrected chi connectivity index (χ4v) is 2.25. The Balaban J connectivity index is 2.98. The highest BCUT2D eigenvalue weighted by Crippen LogP contribution is 2.37. The maximum atomic E-state index is 12.1. The van der Waals surface area contributed by atoms with Gasteiger partial charge >= 0.3 is 6.36 Å². The zero-order valence-electron chi connectivity index (χ0n) is 8.64. The van der Waals surface area contributed by atoms with Gasteiger partial charge in [-0.2, -0.15) is 0 Å². The Bertz CT molecular complexity index is 366. The molecule has 0 radical (unpaired) electrons. The second-order valence-corrected chi connectivity index (χ2v) is 5.84. The Labute approximate surface area is 104 Å². The van der Waals surface area contributed by atoms with Crippen LogP contribution >= 0.6 is 27.7 Å². The fraction of sp³-hybridized carbons (Fsp3) is 0.400. The molecule has 1 aromatic carbocycles. The molecular weight excluding hydrogens is 305 g/mol. The van der Waals surface area contributed by atoms with Gasteiger partial charge in [-0.3, -0.25) is 0 Å². The van der Waals surface area contributed by atoms with Crippen molar-refractivity contribution in [2.45, 2.75) is 30.4 Å². The topological polar surface area (TPSA) is 9.23 Å². The standard InChI is InChI=1S/C10H10BrF3OS/c1-6(2)16-9-4-3-7(11)5-8(9)15-10(12,13)14/h3-6H,1-2H3. The molecule has 1 nitrogen and oxygen atoms in total. The Morgan fingerprint density at radius 3 is 2.44 bits per heavy atom. The first-order valence-electron chi connectivity index (χ1n) is 4.50. The fourth-order valence-electron chi connectivity index (χ4n) is 1.04. The smallest absolute Gasteiger partial charge is 0.405 e. The molecule has 0 amide bonds. The van der Waals surface area contributed by atoms with Gasteiger partial charge in [0.05, 0.1) is 4.90 Å². The molecule has 0 aliphatic rings. The molecule has 0 bridgehead atoms. The molecule has 0 saturated carbocycles. The van der Waals surface area contributed by atoms with Crippen molar-refractivity contribution in [2.24, 2.45) is 0 Å². The van der Waals surface area contributed by atoms with E-state index in [9.17, 15) is 13.2 Å². The first-order chi connectivity index (χ1) is 7.28. The molecule has 0 aliphatic carbocycles. The summed E-state index contributed by atoms with van der Waals surface area (Å²) in [7, 11) is 0. The van der Waals surface area contributed by atoms with E-state index in [1.165, 1.54) is 17.8 Å². The number of thioether (sulfide) groups is 1. The van der Waals surface area contributed by atoms with Crippen molar-refractivity contribution in [2.75, 3.05) is 0 Å². The van der Waals surface area contributed by atoms with E-state index < -0.39 is 6.36 Å². The molecule has 1 aromatic rings. The van der Waals surface area contributed by atoms with Crippen LogP contribution in [-0.2, 0) is 0 Å². The van der Waals surface area contributed by atoms with Crippen LogP contribution in [0.2, 0.25) is 0 Å². The lowest BCUT2D eigenvalue weighted by molar-refractivity contribution is -0.275. The van der Waals surface area contributed by atoms with E-state index in [1.54, 1.807) is 12.1 Å². The number of benzene rings is 1. The van der Waals surface area contributed by atoms with Gasteiger partial charge in [-0.25, -0.2) is 0 Å². The predicted molar refractivity (Wildman–Crippen MR) is 61.8 cm³/mol. The Kier molecular flexibility index (Phi) is 4.55. The molecule has 0 fully saturated rings. The lowest BCUT2D eigenvalue weighted by Crippen LogP contribution is -2.17. The molecule has 0 atom stereocenters. The zero-order valence-corrected chi connectivity index (χ0v) is 11.0. The van der Waals surface area contributed by atoms with Gasteiger partial charge < -0.3 is 4.74 Å². The average Bonchev–Trinajstić information content (AvgIpc) is 2.06. The van der Waals surface area contributed by atoms with Crippen molar-refractivity contribution in [3.63, 3.8) is 0 Å². The third-order valence-electron chi connectivity index (χ3n) is 1.49. The Morgan fingerprint density at radius 1 is 1.31 bits per heavy atom. The van der Waals surface area contributed by atoms with Gasteiger partial charge in [0.1, 0.15) is 5.75 Å². The first kappa shape index (κ1) is 13.7. The van der Waals surface area contributed by atoms with Crippen molar-refractivity contribution in [3.8, 4) is 5.75 Å². The largest absolute Gasteiger partial charge is 0.573 e. The summed E-state index contributed by atoms with van der Waals surface area (Å²) in [6.45, 7) is 3.81. The van der Waals surface area contributed by atoms with Gasteiger partial charge in [0.2, 0.25) is 0 Å². The van der Waals surface area contributed by atoms with Crippen molar-refractivity contribution in [1.82, 2.24) is 0 Å². The van der Waals surface area contributed by atoms with E-state index in [1.807, 2.05) is 13.8 Å². The minimum Gasteiger partial charge on any atom is -0.405 e. The second kappa shape index (κ2) is 5.31. The molecule has 90 valence electrons. The van der Waals surface area contributed by atoms with Crippen LogP contribution in [-0.4, -0.2) is 11.6 Å². The van der Waals surface area contributed by atoms with Crippen molar-refractivity contribution in [1.29, 1.82) is 0 Å². The summed E-state index contributed by atoms with van der Waals surface area (Å²) in [6.07, 6.45) is -4.66. The number of alkyl halides is 3. The summed E-state index contributed by atoms with van der Waals surface area (Å²) in [5.41, 5.74) is 0. The molecule has 6 heteroatoms. The van der Waals surface area contributed by atoms with E-state index in [0.29, 0.717) is 9.37 Å². The van der Waals surface area contributed by atoms with Gasteiger partial charge in [-0.1, -0.05) is 29.8 Å². The third-order valence-corrected chi connectivity index (χ3v) is 3.05. The van der Waals surface area contributed by atoms with Crippen LogP contribution in [0, 0.1) is 0 Å². The van der Waals surface area contributed by atoms with E-state index in [2.05, 4.69) is 20.7 Å². The van der Waals surface area contributed by atoms with Crippen LogP contribution in [0.3, 0.4) is 0 Å². The zero-order chi connectivity index (χ0) is 12.3. The number of hydrogen-bond donors (Lipinski definition) is 0. The molecule has 16 heavy (non-hydrogen) atoms. The lowest BCUT2D eigenvalue weighted by atomic mass is 10.3. The predicted octanol–water partition coefficient (Wildman–Crippen LogP) is 4.85. The minimum absolute atomic E-state index is 0.166. The van der Waals surface area contributed by atoms with Gasteiger partial charge in [0.15, 0.2) is 0 Å². The quantitative estimate of drug-likeness (QED) is 0.738. The van der Waals surface area contributed by atoms with Gasteiger partial charge in [0, 0.05) is 9.72 Å². The summed E-state index contributed by atoms with van der Waals surface area (Å²) in [6, 6.07) is 4.61. The van der Waals surface area contributed by atoms with Crippen molar-refractivity contribution < 1.29 is 17.9 Å². The third kappa shape index (κ3) is 4.65. The highest BCUT2D eigenvalue weighted by molar-refractivity contribution is 9.10. The molecule has 1 rings (SSSR count). The van der Waals surface area contributed by atoms with Crippen LogP contribution < -0.4 is 4.74 Å². The van der Waals surface area contributed by atoms with Crippen LogP contribution in [0.15, 0.2) is 27.6 Å². The van der Waals surface area contributed by atoms with E-state index in [-0.39, 0.29) is 11.0 Å². The van der Waals surface area contributed by atoms with Gasteiger partial charge in [0.25, 0.3) is 0 Å². The molecule has 0 spiro atoms. The lowest BCUT2D eigenvalue weighted by Gasteiger charge is -2.14. The highest BCUT2D eigenvalue weighted by atomic mass is 79.9. The first-order valence-corrected chi connectivity index (χ1v) is 6.17. The second-order valence-electron chi connectivity index (χ2n) is 3.31. The van der Waals surface area contributed by atoms with Crippen molar-refractivity contribution in [3.05, 3.63) is 22.7 Å². The highest BCUT2D eigenvalue weighted by Gasteiger charge is 2.32. The van der Waals surface area contributed by atoms with Crippen LogP contribution in [0.5, 0.6) is 5.75 Å². The summed E-state index contributed by atoms with van der Waals surface area (Å²) in [5.74, 6) is -0.166. The summed E-state index contributed by atoms with van der Waals surface area (Å²) < 4.78 is 41.0. The number of ether oxygens (including phenoxy) is 1. The van der Waals surface area contributed by atoms with E-state index in [4.69, 9.17) is 0 Å². The monoisotopic (exact) mass is 314 g/mol. The van der Waals surface area contributed by atoms with Crippen molar-refractivity contribution >= 4 is 27.7 Å². The molecule has 0 N–H and O–H groups in total. The summed E-state index contributed by atoms with van der Waals surface area (Å²) in [5, 5.41) is 0.191. The summed E-state index contributed by atoms with van der Waals surface area (Å²) in [4.78, 5) is 0.482. The number of rotatable bonds is 3. The molecule has 0 aromatic heterocycles. The van der Waals surface area contributed by atoms with Crippen LogP contribution in [0.25, 0.3) is 0 Å². The number of halogens is 4. The van der Waals surface area contributed by atoms with Gasteiger partial charge in [-0.15, -0.1) is 24.9 Å². The molecule has 0 heterocycles. The maximum Gasteiger partial charge on any atom is 0.573 e. The minimum atomic E-state index is -4.66. The van der Waals surface area contributed by atoms with E-state index in [0.717, 1.165) is 0 Å². The molecule has 0 unspecified atom stereocenters.